The summed E-state index contributed by atoms with van der Waals surface area (Å²) in [5.74, 6) is 1.06. The number of aromatic nitrogens is 2. The predicted octanol–water partition coefficient (Wildman–Crippen LogP) is 3.09. The van der Waals surface area contributed by atoms with E-state index in [2.05, 4.69) is 6.07 Å². The third-order valence-corrected chi connectivity index (χ3v) is 6.94. The number of carbonyl (C=O) groups is 2. The number of fused-ring (bicyclic) bond motifs is 1. The number of benzene rings is 2. The lowest BCUT2D eigenvalue weighted by atomic mass is 10.00. The lowest BCUT2D eigenvalue weighted by molar-refractivity contribution is -0.137. The van der Waals surface area contributed by atoms with Gasteiger partial charge in [-0.15, -0.1) is 0 Å². The van der Waals surface area contributed by atoms with Crippen molar-refractivity contribution in [2.24, 2.45) is 0 Å². The number of nitriles is 1. The van der Waals surface area contributed by atoms with Gasteiger partial charge in [-0.05, 0) is 55.2 Å². The standard InChI is InChI=1S/C29H26N4O5/c1-37-24-10-8-18(16-25(24)38-2)11-13-32-26(31-23-15-19(17-30)7-9-22(23)29(32)36)12-14-33-27(34)20-5-3-4-6-21(20)28(33)35/h3,5,7-10,15-16H,4,6,11-14H2,1-2H3. The second kappa shape index (κ2) is 10.3. The average Bonchev–Trinajstić information content (AvgIpc) is 3.19. The van der Waals surface area contributed by atoms with Gasteiger partial charge in [-0.1, -0.05) is 18.2 Å². The fourth-order valence-corrected chi connectivity index (χ4v) is 4.94. The highest BCUT2D eigenvalue weighted by Crippen LogP contribution is 2.30. The monoisotopic (exact) mass is 510 g/mol. The van der Waals surface area contributed by atoms with Gasteiger partial charge >= 0.3 is 0 Å². The number of nitrogens with zero attached hydrogens (tertiary/aromatic N) is 4. The summed E-state index contributed by atoms with van der Waals surface area (Å²) in [4.78, 5) is 45.3. The number of ether oxygens (including phenoxy) is 2. The van der Waals surface area contributed by atoms with Gasteiger partial charge in [0, 0.05) is 30.7 Å². The van der Waals surface area contributed by atoms with Gasteiger partial charge in [0.2, 0.25) is 0 Å². The van der Waals surface area contributed by atoms with Crippen LogP contribution >= 0.6 is 0 Å². The van der Waals surface area contributed by atoms with Crippen LogP contribution in [0, 0.1) is 11.3 Å². The van der Waals surface area contributed by atoms with Gasteiger partial charge in [0.05, 0.1) is 36.8 Å². The van der Waals surface area contributed by atoms with Crippen molar-refractivity contribution in [1.29, 1.82) is 5.26 Å². The van der Waals surface area contributed by atoms with Gasteiger partial charge in [-0.25, -0.2) is 4.98 Å². The molecule has 0 saturated heterocycles. The normalized spacial score (nSPS) is 14.7. The van der Waals surface area contributed by atoms with Crippen LogP contribution in [-0.4, -0.2) is 47.0 Å². The van der Waals surface area contributed by atoms with Gasteiger partial charge in [0.15, 0.2) is 11.5 Å². The first-order chi connectivity index (χ1) is 18.4. The van der Waals surface area contributed by atoms with Crippen molar-refractivity contribution in [3.63, 3.8) is 0 Å². The zero-order valence-electron chi connectivity index (χ0n) is 21.2. The number of imide groups is 1. The van der Waals surface area contributed by atoms with Gasteiger partial charge in [-0.3, -0.25) is 23.9 Å². The first kappa shape index (κ1) is 25.0. The third-order valence-electron chi connectivity index (χ3n) is 6.94. The van der Waals surface area contributed by atoms with Crippen LogP contribution in [-0.2, 0) is 29.0 Å². The minimum atomic E-state index is -0.312. The van der Waals surface area contributed by atoms with E-state index in [1.165, 1.54) is 4.90 Å². The Balaban J connectivity index is 1.46. The van der Waals surface area contributed by atoms with Crippen molar-refractivity contribution in [3.05, 3.63) is 87.0 Å². The Bertz CT molecular complexity index is 1630. The van der Waals surface area contributed by atoms with Gasteiger partial charge in [0.25, 0.3) is 17.4 Å². The van der Waals surface area contributed by atoms with Crippen LogP contribution < -0.4 is 15.0 Å². The second-order valence-electron chi connectivity index (χ2n) is 9.11. The van der Waals surface area contributed by atoms with E-state index in [1.54, 1.807) is 43.1 Å². The molecule has 9 nitrogen and oxygen atoms in total. The minimum Gasteiger partial charge on any atom is -0.493 e. The molecule has 2 heterocycles. The minimum absolute atomic E-state index is 0.102. The maximum atomic E-state index is 13.6. The van der Waals surface area contributed by atoms with Crippen molar-refractivity contribution >= 4 is 22.7 Å². The van der Waals surface area contributed by atoms with Crippen molar-refractivity contribution < 1.29 is 19.1 Å². The second-order valence-corrected chi connectivity index (χ2v) is 9.11. The van der Waals surface area contributed by atoms with Crippen LogP contribution in [0.4, 0.5) is 0 Å². The molecular weight excluding hydrogens is 484 g/mol. The zero-order chi connectivity index (χ0) is 26.8. The first-order valence-corrected chi connectivity index (χ1v) is 12.4. The van der Waals surface area contributed by atoms with E-state index < -0.39 is 0 Å². The number of methoxy groups -OCH3 is 2. The lowest BCUT2D eigenvalue weighted by Gasteiger charge is -2.18. The summed E-state index contributed by atoms with van der Waals surface area (Å²) in [5.41, 5.74) is 2.51. The van der Waals surface area contributed by atoms with Crippen LogP contribution in [0.25, 0.3) is 10.9 Å². The zero-order valence-corrected chi connectivity index (χ0v) is 21.2. The highest BCUT2D eigenvalue weighted by atomic mass is 16.5. The van der Waals surface area contributed by atoms with Gasteiger partial charge in [0.1, 0.15) is 5.82 Å². The molecule has 0 bridgehead atoms. The van der Waals surface area contributed by atoms with E-state index in [9.17, 15) is 19.6 Å². The molecule has 0 unspecified atom stereocenters. The number of carbonyl (C=O) groups excluding carboxylic acids is 2. The third kappa shape index (κ3) is 4.45. The molecule has 1 aliphatic heterocycles. The van der Waals surface area contributed by atoms with Crippen LogP contribution in [0.2, 0.25) is 0 Å². The topological polar surface area (TPSA) is 115 Å². The molecule has 2 amide bonds. The molecule has 0 fully saturated rings. The number of hydrogen-bond donors (Lipinski definition) is 0. The van der Waals surface area contributed by atoms with Crippen molar-refractivity contribution in [2.45, 2.75) is 32.2 Å². The van der Waals surface area contributed by atoms with E-state index in [1.807, 2.05) is 24.3 Å². The van der Waals surface area contributed by atoms with Crippen molar-refractivity contribution in [2.75, 3.05) is 20.8 Å². The fourth-order valence-electron chi connectivity index (χ4n) is 4.94. The molecule has 0 radical (unpaired) electrons. The van der Waals surface area contributed by atoms with E-state index >= 15 is 0 Å². The van der Waals surface area contributed by atoms with Gasteiger partial charge < -0.3 is 9.47 Å². The van der Waals surface area contributed by atoms with Crippen LogP contribution in [0.1, 0.15) is 29.8 Å². The van der Waals surface area contributed by atoms with Gasteiger partial charge in [-0.2, -0.15) is 5.26 Å². The molecular formula is C29H26N4O5. The predicted molar refractivity (Wildman–Crippen MR) is 140 cm³/mol. The molecule has 5 rings (SSSR count). The smallest absolute Gasteiger partial charge is 0.261 e. The molecule has 2 aromatic carbocycles. The Hall–Kier alpha value is -4.71. The Kier molecular flexibility index (Phi) is 6.79. The van der Waals surface area contributed by atoms with E-state index in [-0.39, 0.29) is 30.3 Å². The number of rotatable bonds is 8. The van der Waals surface area contributed by atoms with Crippen LogP contribution in [0.3, 0.4) is 0 Å². The highest BCUT2D eigenvalue weighted by Gasteiger charge is 2.37. The summed E-state index contributed by atoms with van der Waals surface area (Å²) in [6.07, 6.45) is 5.62. The van der Waals surface area contributed by atoms with Crippen molar-refractivity contribution in [1.82, 2.24) is 14.5 Å². The lowest BCUT2D eigenvalue weighted by Crippen LogP contribution is -2.35. The summed E-state index contributed by atoms with van der Waals surface area (Å²) in [6.45, 7) is 0.427. The summed E-state index contributed by atoms with van der Waals surface area (Å²) in [6, 6.07) is 12.4. The molecule has 0 spiro atoms. The number of allylic oxidation sites excluding steroid dienone is 1. The first-order valence-electron chi connectivity index (χ1n) is 12.4. The molecule has 38 heavy (non-hydrogen) atoms. The number of hydrogen-bond acceptors (Lipinski definition) is 7. The van der Waals surface area contributed by atoms with E-state index in [0.29, 0.717) is 64.3 Å². The Labute approximate surface area is 219 Å². The summed E-state index contributed by atoms with van der Waals surface area (Å²) in [5, 5.41) is 9.71. The van der Waals surface area contributed by atoms with Crippen LogP contribution in [0.5, 0.6) is 11.5 Å². The van der Waals surface area contributed by atoms with Crippen molar-refractivity contribution in [3.8, 4) is 17.6 Å². The molecule has 192 valence electrons. The molecule has 1 aliphatic carbocycles. The molecule has 9 heteroatoms. The van der Waals surface area contributed by atoms with E-state index in [0.717, 1.165) is 12.0 Å². The Morgan fingerprint density at radius 2 is 1.79 bits per heavy atom. The highest BCUT2D eigenvalue weighted by molar-refractivity contribution is 6.20. The number of aryl methyl sites for hydroxylation is 1. The SMILES string of the molecule is COc1ccc(CCn2c(CCN3C(=O)C4=C(CCC=C4)C3=O)nc3cc(C#N)ccc3c2=O)cc1OC. The van der Waals surface area contributed by atoms with Crippen LogP contribution in [0.15, 0.2) is 64.5 Å². The summed E-state index contributed by atoms with van der Waals surface area (Å²) < 4.78 is 12.3. The molecule has 2 aliphatic rings. The largest absolute Gasteiger partial charge is 0.493 e. The molecule has 3 aromatic rings. The molecule has 0 N–H and O–H groups in total. The maximum absolute atomic E-state index is 13.6. The molecule has 0 saturated carbocycles. The molecule has 0 atom stereocenters. The Morgan fingerprint density at radius 3 is 2.53 bits per heavy atom. The maximum Gasteiger partial charge on any atom is 0.261 e. The number of amides is 2. The fraction of sp³-hybridized carbons (Fsp3) is 0.276. The Morgan fingerprint density at radius 1 is 0.974 bits per heavy atom. The quantitative estimate of drug-likeness (QED) is 0.428. The molecule has 1 aromatic heterocycles. The average molecular weight is 511 g/mol. The summed E-state index contributed by atoms with van der Waals surface area (Å²) >= 11 is 0. The van der Waals surface area contributed by atoms with E-state index in [4.69, 9.17) is 14.5 Å². The summed E-state index contributed by atoms with van der Waals surface area (Å²) in [7, 11) is 3.14.